The van der Waals surface area contributed by atoms with Crippen molar-refractivity contribution in [2.75, 3.05) is 20.2 Å². The van der Waals surface area contributed by atoms with Crippen molar-refractivity contribution in [3.63, 3.8) is 0 Å². The Bertz CT molecular complexity index is 465. The third-order valence-corrected chi connectivity index (χ3v) is 3.13. The van der Waals surface area contributed by atoms with Crippen LogP contribution in [0.2, 0.25) is 0 Å². The Morgan fingerprint density at radius 3 is 2.53 bits per heavy atom. The summed E-state index contributed by atoms with van der Waals surface area (Å²) in [5, 5.41) is 9.72. The lowest BCUT2D eigenvalue weighted by atomic mass is 10.1. The van der Waals surface area contributed by atoms with Gasteiger partial charge in [-0.2, -0.15) is 0 Å². The van der Waals surface area contributed by atoms with E-state index in [2.05, 4.69) is 0 Å². The molecular formula is C14H19NO4. The summed E-state index contributed by atoms with van der Waals surface area (Å²) in [6.45, 7) is 5.02. The summed E-state index contributed by atoms with van der Waals surface area (Å²) in [6, 6.07) is 4.69. The molecule has 5 heteroatoms. The lowest BCUT2D eigenvalue weighted by Crippen LogP contribution is -2.48. The van der Waals surface area contributed by atoms with Crippen LogP contribution in [-0.2, 0) is 4.74 Å². The first-order valence-electron chi connectivity index (χ1n) is 6.33. The van der Waals surface area contributed by atoms with E-state index in [4.69, 9.17) is 9.47 Å². The first-order chi connectivity index (χ1) is 9.01. The van der Waals surface area contributed by atoms with Crippen LogP contribution in [0.4, 0.5) is 0 Å². The van der Waals surface area contributed by atoms with Crippen LogP contribution in [0.15, 0.2) is 18.2 Å². The Balaban J connectivity index is 2.17. The molecule has 0 bridgehead atoms. The van der Waals surface area contributed by atoms with Crippen LogP contribution < -0.4 is 4.74 Å². The normalized spacial score (nSPS) is 23.2. The Labute approximate surface area is 112 Å². The molecule has 104 valence electrons. The molecule has 1 heterocycles. The molecule has 0 aliphatic carbocycles. The Kier molecular flexibility index (Phi) is 3.95. The van der Waals surface area contributed by atoms with Gasteiger partial charge in [0.05, 0.1) is 19.3 Å². The molecule has 1 aromatic carbocycles. The SMILES string of the molecule is COc1ccc(C(=O)N2CC(C)OC(C)C2)cc1O. The van der Waals surface area contributed by atoms with Crippen LogP contribution in [0.5, 0.6) is 11.5 Å². The zero-order chi connectivity index (χ0) is 14.0. The molecule has 1 N–H and O–H groups in total. The van der Waals surface area contributed by atoms with Gasteiger partial charge < -0.3 is 19.5 Å². The van der Waals surface area contributed by atoms with Crippen molar-refractivity contribution < 1.29 is 19.4 Å². The highest BCUT2D eigenvalue weighted by Crippen LogP contribution is 2.27. The van der Waals surface area contributed by atoms with Gasteiger partial charge in [-0.15, -0.1) is 0 Å². The predicted molar refractivity (Wildman–Crippen MR) is 70.6 cm³/mol. The number of phenolic OH excluding ortho intramolecular Hbond substituents is 1. The van der Waals surface area contributed by atoms with Crippen molar-refractivity contribution in [3.8, 4) is 11.5 Å². The van der Waals surface area contributed by atoms with E-state index in [1.165, 1.54) is 13.2 Å². The number of carbonyl (C=O) groups is 1. The molecule has 0 saturated carbocycles. The molecule has 2 unspecified atom stereocenters. The van der Waals surface area contributed by atoms with Gasteiger partial charge in [0.2, 0.25) is 0 Å². The Morgan fingerprint density at radius 1 is 1.37 bits per heavy atom. The number of carbonyl (C=O) groups excluding carboxylic acids is 1. The number of benzene rings is 1. The standard InChI is InChI=1S/C14H19NO4/c1-9-7-15(8-10(2)19-9)14(17)11-4-5-13(18-3)12(16)6-11/h4-6,9-10,16H,7-8H2,1-3H3. The summed E-state index contributed by atoms with van der Waals surface area (Å²) in [5.74, 6) is 0.239. The zero-order valence-electron chi connectivity index (χ0n) is 11.4. The number of methoxy groups -OCH3 is 1. The lowest BCUT2D eigenvalue weighted by molar-refractivity contribution is -0.0586. The van der Waals surface area contributed by atoms with Crippen LogP contribution in [0.3, 0.4) is 0 Å². The molecule has 1 fully saturated rings. The van der Waals surface area contributed by atoms with Crippen molar-refractivity contribution >= 4 is 5.91 Å². The van der Waals surface area contributed by atoms with Crippen LogP contribution in [0.25, 0.3) is 0 Å². The molecule has 0 aromatic heterocycles. The number of aromatic hydroxyl groups is 1. The maximum Gasteiger partial charge on any atom is 0.254 e. The van der Waals surface area contributed by atoms with E-state index in [1.54, 1.807) is 17.0 Å². The van der Waals surface area contributed by atoms with Gasteiger partial charge in [0, 0.05) is 18.7 Å². The number of phenols is 1. The van der Waals surface area contributed by atoms with E-state index in [9.17, 15) is 9.90 Å². The first kappa shape index (κ1) is 13.7. The fourth-order valence-electron chi connectivity index (χ4n) is 2.35. The van der Waals surface area contributed by atoms with E-state index in [0.717, 1.165) is 0 Å². The van der Waals surface area contributed by atoms with Gasteiger partial charge in [-0.3, -0.25) is 4.79 Å². The van der Waals surface area contributed by atoms with E-state index in [0.29, 0.717) is 24.4 Å². The maximum atomic E-state index is 12.4. The number of nitrogens with zero attached hydrogens (tertiary/aromatic N) is 1. The van der Waals surface area contributed by atoms with Gasteiger partial charge in [0.15, 0.2) is 11.5 Å². The monoisotopic (exact) mass is 265 g/mol. The Morgan fingerprint density at radius 2 is 2.00 bits per heavy atom. The number of hydrogen-bond donors (Lipinski definition) is 1. The van der Waals surface area contributed by atoms with Gasteiger partial charge in [-0.25, -0.2) is 0 Å². The third kappa shape index (κ3) is 2.98. The molecule has 1 amide bonds. The van der Waals surface area contributed by atoms with Gasteiger partial charge in [0.1, 0.15) is 0 Å². The highest BCUT2D eigenvalue weighted by atomic mass is 16.5. The molecule has 0 radical (unpaired) electrons. The average Bonchev–Trinajstić information content (AvgIpc) is 2.36. The second-order valence-electron chi connectivity index (χ2n) is 4.85. The molecule has 2 rings (SSSR count). The smallest absolute Gasteiger partial charge is 0.254 e. The topological polar surface area (TPSA) is 59.0 Å². The van der Waals surface area contributed by atoms with Crippen molar-refractivity contribution in [2.24, 2.45) is 0 Å². The van der Waals surface area contributed by atoms with E-state index in [1.807, 2.05) is 13.8 Å². The van der Waals surface area contributed by atoms with Crippen molar-refractivity contribution in [2.45, 2.75) is 26.1 Å². The van der Waals surface area contributed by atoms with Crippen LogP contribution in [0.1, 0.15) is 24.2 Å². The van der Waals surface area contributed by atoms with Gasteiger partial charge in [-0.05, 0) is 32.0 Å². The average molecular weight is 265 g/mol. The lowest BCUT2D eigenvalue weighted by Gasteiger charge is -2.35. The minimum Gasteiger partial charge on any atom is -0.504 e. The molecule has 0 spiro atoms. The fraction of sp³-hybridized carbons (Fsp3) is 0.500. The van der Waals surface area contributed by atoms with E-state index >= 15 is 0 Å². The highest BCUT2D eigenvalue weighted by molar-refractivity contribution is 5.95. The Hall–Kier alpha value is -1.75. The van der Waals surface area contributed by atoms with Crippen molar-refractivity contribution in [3.05, 3.63) is 23.8 Å². The quantitative estimate of drug-likeness (QED) is 0.883. The first-order valence-corrected chi connectivity index (χ1v) is 6.33. The number of rotatable bonds is 2. The molecule has 5 nitrogen and oxygen atoms in total. The number of morpholine rings is 1. The molecule has 1 saturated heterocycles. The largest absolute Gasteiger partial charge is 0.504 e. The van der Waals surface area contributed by atoms with Gasteiger partial charge >= 0.3 is 0 Å². The van der Waals surface area contributed by atoms with Crippen LogP contribution in [-0.4, -0.2) is 48.3 Å². The predicted octanol–water partition coefficient (Wildman–Crippen LogP) is 1.65. The highest BCUT2D eigenvalue weighted by Gasteiger charge is 2.26. The fourth-order valence-corrected chi connectivity index (χ4v) is 2.35. The molecule has 1 aliphatic rings. The minimum atomic E-state index is -0.0973. The van der Waals surface area contributed by atoms with E-state index < -0.39 is 0 Å². The summed E-state index contributed by atoms with van der Waals surface area (Å²) in [7, 11) is 1.47. The number of hydrogen-bond acceptors (Lipinski definition) is 4. The third-order valence-electron chi connectivity index (χ3n) is 3.13. The van der Waals surface area contributed by atoms with Crippen LogP contribution in [0, 0.1) is 0 Å². The van der Waals surface area contributed by atoms with Crippen LogP contribution >= 0.6 is 0 Å². The van der Waals surface area contributed by atoms with Gasteiger partial charge in [0.25, 0.3) is 5.91 Å². The summed E-state index contributed by atoms with van der Waals surface area (Å²) >= 11 is 0. The number of amides is 1. The molecular weight excluding hydrogens is 246 g/mol. The summed E-state index contributed by atoms with van der Waals surface area (Å²) in [5.41, 5.74) is 0.458. The van der Waals surface area contributed by atoms with Crippen molar-refractivity contribution in [1.29, 1.82) is 0 Å². The van der Waals surface area contributed by atoms with Gasteiger partial charge in [-0.1, -0.05) is 0 Å². The molecule has 1 aromatic rings. The molecule has 19 heavy (non-hydrogen) atoms. The summed E-state index contributed by atoms with van der Waals surface area (Å²) in [6.07, 6.45) is 0.0547. The summed E-state index contributed by atoms with van der Waals surface area (Å²) in [4.78, 5) is 14.1. The molecule has 2 atom stereocenters. The van der Waals surface area contributed by atoms with E-state index in [-0.39, 0.29) is 23.9 Å². The summed E-state index contributed by atoms with van der Waals surface area (Å²) < 4.78 is 10.6. The second kappa shape index (κ2) is 5.48. The second-order valence-corrected chi connectivity index (χ2v) is 4.85. The zero-order valence-corrected chi connectivity index (χ0v) is 11.4. The molecule has 1 aliphatic heterocycles. The van der Waals surface area contributed by atoms with Crippen molar-refractivity contribution in [1.82, 2.24) is 4.90 Å². The maximum absolute atomic E-state index is 12.4. The minimum absolute atomic E-state index is 0.0253. The number of ether oxygens (including phenoxy) is 2.